The Morgan fingerprint density at radius 2 is 1.74 bits per heavy atom. The normalized spacial score (nSPS) is 10.6. The van der Waals surface area contributed by atoms with Crippen molar-refractivity contribution in [3.63, 3.8) is 0 Å². The highest BCUT2D eigenvalue weighted by molar-refractivity contribution is 7.15. The van der Waals surface area contributed by atoms with Crippen LogP contribution in [-0.2, 0) is 4.79 Å². The van der Waals surface area contributed by atoms with Gasteiger partial charge in [0.15, 0.2) is 5.13 Å². The number of amides is 2. The third-order valence-electron chi connectivity index (χ3n) is 4.30. The minimum absolute atomic E-state index is 0.0741. The van der Waals surface area contributed by atoms with Crippen molar-refractivity contribution in [1.82, 2.24) is 4.98 Å². The van der Waals surface area contributed by atoms with Gasteiger partial charge in [-0.1, -0.05) is 31.4 Å². The number of anilines is 2. The second-order valence-electron chi connectivity index (χ2n) is 6.51. The molecule has 0 atom stereocenters. The molecule has 7 heteroatoms. The molecule has 2 rings (SSSR count). The number of benzene rings is 1. The summed E-state index contributed by atoms with van der Waals surface area (Å²) >= 11 is 1.44. The van der Waals surface area contributed by atoms with Crippen molar-refractivity contribution >= 4 is 34.0 Å². The molecule has 0 spiro atoms. The lowest BCUT2D eigenvalue weighted by Gasteiger charge is -2.10. The van der Waals surface area contributed by atoms with E-state index in [1.165, 1.54) is 11.3 Å². The number of aromatic nitrogens is 1. The predicted octanol–water partition coefficient (Wildman–Crippen LogP) is 4.25. The Morgan fingerprint density at radius 3 is 2.44 bits per heavy atom. The molecule has 4 N–H and O–H groups in total. The van der Waals surface area contributed by atoms with Crippen molar-refractivity contribution in [2.24, 2.45) is 5.73 Å². The number of unbranched alkanes of at least 4 members (excludes halogenated alkanes) is 4. The number of carbonyl (C=O) groups excluding carboxylic acids is 2. The summed E-state index contributed by atoms with van der Waals surface area (Å²) in [7, 11) is 0. The number of nitrogens with one attached hydrogen (secondary N) is 2. The van der Waals surface area contributed by atoms with Gasteiger partial charge < -0.3 is 11.1 Å². The Hall–Kier alpha value is -2.25. The molecule has 0 saturated carbocycles. The van der Waals surface area contributed by atoms with Gasteiger partial charge >= 0.3 is 0 Å². The molecule has 2 aromatic rings. The zero-order chi connectivity index (χ0) is 19.6. The smallest absolute Gasteiger partial charge is 0.259 e. The lowest BCUT2D eigenvalue weighted by Crippen LogP contribution is -2.18. The van der Waals surface area contributed by atoms with Crippen molar-refractivity contribution in [3.8, 4) is 0 Å². The van der Waals surface area contributed by atoms with Gasteiger partial charge in [-0.05, 0) is 45.4 Å². The third-order valence-corrected chi connectivity index (χ3v) is 5.29. The minimum Gasteiger partial charge on any atom is -0.330 e. The largest absolute Gasteiger partial charge is 0.330 e. The van der Waals surface area contributed by atoms with Gasteiger partial charge in [-0.25, -0.2) is 4.98 Å². The average molecular weight is 389 g/mol. The predicted molar refractivity (Wildman–Crippen MR) is 111 cm³/mol. The van der Waals surface area contributed by atoms with Crippen molar-refractivity contribution < 1.29 is 9.59 Å². The van der Waals surface area contributed by atoms with E-state index in [9.17, 15) is 9.59 Å². The first-order valence-electron chi connectivity index (χ1n) is 9.35. The lowest BCUT2D eigenvalue weighted by molar-refractivity contribution is -0.116. The maximum atomic E-state index is 12.6. The molecule has 0 aliphatic heterocycles. The van der Waals surface area contributed by atoms with Gasteiger partial charge in [-0.3, -0.25) is 14.9 Å². The van der Waals surface area contributed by atoms with Gasteiger partial charge in [-0.15, -0.1) is 11.3 Å². The molecule has 0 bridgehead atoms. The summed E-state index contributed by atoms with van der Waals surface area (Å²) < 4.78 is 0. The maximum absolute atomic E-state index is 12.6. The van der Waals surface area contributed by atoms with Crippen LogP contribution in [0.3, 0.4) is 0 Å². The summed E-state index contributed by atoms with van der Waals surface area (Å²) in [5, 5.41) is 6.23. The highest BCUT2D eigenvalue weighted by Crippen LogP contribution is 2.23. The third kappa shape index (κ3) is 6.77. The Bertz CT molecular complexity index is 754. The van der Waals surface area contributed by atoms with Gasteiger partial charge in [0.2, 0.25) is 5.91 Å². The minimum atomic E-state index is -0.276. The summed E-state index contributed by atoms with van der Waals surface area (Å²) in [4.78, 5) is 30.2. The van der Waals surface area contributed by atoms with Crippen molar-refractivity contribution in [1.29, 1.82) is 0 Å². The highest BCUT2D eigenvalue weighted by Gasteiger charge is 2.15. The molecule has 0 radical (unpaired) electrons. The van der Waals surface area contributed by atoms with Crippen LogP contribution < -0.4 is 16.4 Å². The van der Waals surface area contributed by atoms with Crippen LogP contribution in [0.4, 0.5) is 10.8 Å². The summed E-state index contributed by atoms with van der Waals surface area (Å²) in [6.45, 7) is 4.60. The van der Waals surface area contributed by atoms with E-state index in [4.69, 9.17) is 5.73 Å². The molecule has 1 aromatic heterocycles. The first kappa shape index (κ1) is 21.1. The van der Waals surface area contributed by atoms with Crippen molar-refractivity contribution in [2.75, 3.05) is 17.2 Å². The first-order chi connectivity index (χ1) is 13.0. The van der Waals surface area contributed by atoms with E-state index < -0.39 is 0 Å². The molecular formula is C20H28N4O2S. The fourth-order valence-corrected chi connectivity index (χ4v) is 3.46. The number of hydrogen-bond donors (Lipinski definition) is 3. The SMILES string of the molecule is Cc1nc(NC(=O)c2ccccc2NC(=O)CCCCCCCN)sc1C. The number of nitrogens with zero attached hydrogens (tertiary/aromatic N) is 1. The first-order valence-corrected chi connectivity index (χ1v) is 10.2. The number of nitrogens with two attached hydrogens (primary N) is 1. The highest BCUT2D eigenvalue weighted by atomic mass is 32.1. The molecule has 0 fully saturated rings. The molecular weight excluding hydrogens is 360 g/mol. The summed E-state index contributed by atoms with van der Waals surface area (Å²) in [5.74, 6) is -0.351. The molecule has 0 aliphatic rings. The Kier molecular flexibility index (Phi) is 8.42. The molecule has 2 amide bonds. The Morgan fingerprint density at radius 1 is 1.04 bits per heavy atom. The van der Waals surface area contributed by atoms with Crippen LogP contribution in [0, 0.1) is 13.8 Å². The Balaban J connectivity index is 1.90. The number of thiazole rings is 1. The number of aryl methyl sites for hydroxylation is 2. The molecule has 1 aromatic carbocycles. The average Bonchev–Trinajstić information content (AvgIpc) is 2.95. The summed E-state index contributed by atoms with van der Waals surface area (Å²) in [6, 6.07) is 7.02. The van der Waals surface area contributed by atoms with Crippen LogP contribution in [0.1, 0.15) is 59.5 Å². The van der Waals surface area contributed by atoms with Gasteiger partial charge in [0, 0.05) is 11.3 Å². The standard InChI is InChI=1S/C20H28N4O2S/c1-14-15(2)27-20(22-14)24-19(26)16-10-7-8-11-17(16)23-18(25)12-6-4-3-5-9-13-21/h7-8,10-11H,3-6,9,12-13,21H2,1-2H3,(H,23,25)(H,22,24,26). The van der Waals surface area contributed by atoms with E-state index in [0.717, 1.165) is 49.2 Å². The quantitative estimate of drug-likeness (QED) is 0.530. The molecule has 27 heavy (non-hydrogen) atoms. The van der Waals surface area contributed by atoms with Crippen LogP contribution in [0.25, 0.3) is 0 Å². The fourth-order valence-electron chi connectivity index (χ4n) is 2.65. The molecule has 0 saturated heterocycles. The summed E-state index contributed by atoms with van der Waals surface area (Å²) in [5.41, 5.74) is 7.33. The molecule has 1 heterocycles. The van der Waals surface area contributed by atoms with E-state index in [1.54, 1.807) is 24.3 Å². The van der Waals surface area contributed by atoms with Crippen LogP contribution in [0.5, 0.6) is 0 Å². The fraction of sp³-hybridized carbons (Fsp3) is 0.450. The van der Waals surface area contributed by atoms with E-state index in [2.05, 4.69) is 15.6 Å². The van der Waals surface area contributed by atoms with Gasteiger partial charge in [0.1, 0.15) is 0 Å². The number of rotatable bonds is 10. The van der Waals surface area contributed by atoms with Crippen LogP contribution in [-0.4, -0.2) is 23.3 Å². The zero-order valence-corrected chi connectivity index (χ0v) is 16.8. The number of hydrogen-bond acceptors (Lipinski definition) is 5. The van der Waals surface area contributed by atoms with Gasteiger partial charge in [0.25, 0.3) is 5.91 Å². The van der Waals surface area contributed by atoms with E-state index in [1.807, 2.05) is 13.8 Å². The number of para-hydroxylation sites is 1. The van der Waals surface area contributed by atoms with Gasteiger partial charge in [-0.2, -0.15) is 0 Å². The lowest BCUT2D eigenvalue weighted by atomic mass is 10.1. The van der Waals surface area contributed by atoms with Gasteiger partial charge in [0.05, 0.1) is 16.9 Å². The second-order valence-corrected chi connectivity index (χ2v) is 7.72. The van der Waals surface area contributed by atoms with Crippen LogP contribution >= 0.6 is 11.3 Å². The van der Waals surface area contributed by atoms with Crippen LogP contribution in [0.2, 0.25) is 0 Å². The van der Waals surface area contributed by atoms with Crippen LogP contribution in [0.15, 0.2) is 24.3 Å². The van der Waals surface area contributed by atoms with Crippen molar-refractivity contribution in [3.05, 3.63) is 40.4 Å². The van der Waals surface area contributed by atoms with E-state index in [0.29, 0.717) is 22.8 Å². The number of carbonyl (C=O) groups is 2. The second kappa shape index (κ2) is 10.8. The monoisotopic (exact) mass is 388 g/mol. The maximum Gasteiger partial charge on any atom is 0.259 e. The van der Waals surface area contributed by atoms with E-state index in [-0.39, 0.29) is 11.8 Å². The Labute approximate surface area is 164 Å². The zero-order valence-electron chi connectivity index (χ0n) is 16.0. The van der Waals surface area contributed by atoms with Crippen molar-refractivity contribution in [2.45, 2.75) is 52.4 Å². The molecule has 0 aliphatic carbocycles. The molecule has 146 valence electrons. The topological polar surface area (TPSA) is 97.1 Å². The van der Waals surface area contributed by atoms with E-state index >= 15 is 0 Å². The molecule has 0 unspecified atom stereocenters. The molecule has 6 nitrogen and oxygen atoms in total. The summed E-state index contributed by atoms with van der Waals surface area (Å²) in [6.07, 6.45) is 5.53.